The Labute approximate surface area is 109 Å². The molecule has 1 fully saturated rings. The fraction of sp³-hybridized carbons (Fsp3) is 0.846. The minimum atomic E-state index is -0.873. The van der Waals surface area contributed by atoms with E-state index in [1.807, 2.05) is 25.7 Å². The molecule has 1 heterocycles. The summed E-state index contributed by atoms with van der Waals surface area (Å²) in [6.07, 6.45) is 3.81. The summed E-state index contributed by atoms with van der Waals surface area (Å²) in [7, 11) is 0. The predicted octanol–water partition coefficient (Wildman–Crippen LogP) is 2.21. The van der Waals surface area contributed by atoms with E-state index in [4.69, 9.17) is 5.11 Å². The second-order valence-corrected chi connectivity index (χ2v) is 5.19. The van der Waals surface area contributed by atoms with Crippen LogP contribution in [0, 0.1) is 0 Å². The summed E-state index contributed by atoms with van der Waals surface area (Å²) in [6.45, 7) is 5.98. The van der Waals surface area contributed by atoms with Gasteiger partial charge in [0.2, 0.25) is 0 Å². The van der Waals surface area contributed by atoms with Gasteiger partial charge < -0.3 is 15.3 Å². The smallest absolute Gasteiger partial charge is 0.318 e. The number of carboxylic acid groups (broad SMARTS) is 1. The fourth-order valence-electron chi connectivity index (χ4n) is 2.58. The van der Waals surface area contributed by atoms with E-state index in [9.17, 15) is 9.59 Å². The molecule has 1 rings (SSSR count). The number of aliphatic carboxylic acids is 1. The molecule has 1 saturated heterocycles. The number of carbonyl (C=O) groups is 2. The lowest BCUT2D eigenvalue weighted by Crippen LogP contribution is -2.54. The van der Waals surface area contributed by atoms with E-state index in [0.717, 1.165) is 19.3 Å². The highest BCUT2D eigenvalue weighted by Gasteiger charge is 2.30. The number of hydrogen-bond donors (Lipinski definition) is 2. The maximum absolute atomic E-state index is 12.2. The van der Waals surface area contributed by atoms with Crippen molar-refractivity contribution in [3.63, 3.8) is 0 Å². The SMILES string of the molecule is CCC(CC(=O)O)NC(=O)N1C(C)CCCC1C. The molecule has 2 amide bonds. The zero-order valence-electron chi connectivity index (χ0n) is 11.5. The number of carbonyl (C=O) groups excluding carboxylic acids is 1. The van der Waals surface area contributed by atoms with Crippen molar-refractivity contribution in [3.05, 3.63) is 0 Å². The van der Waals surface area contributed by atoms with E-state index in [1.54, 1.807) is 0 Å². The maximum Gasteiger partial charge on any atom is 0.318 e. The van der Waals surface area contributed by atoms with Crippen molar-refractivity contribution in [1.82, 2.24) is 10.2 Å². The Morgan fingerprint density at radius 2 is 1.89 bits per heavy atom. The van der Waals surface area contributed by atoms with Crippen molar-refractivity contribution in [3.8, 4) is 0 Å². The number of nitrogens with zero attached hydrogens (tertiary/aromatic N) is 1. The van der Waals surface area contributed by atoms with Gasteiger partial charge in [-0.2, -0.15) is 0 Å². The number of rotatable bonds is 4. The van der Waals surface area contributed by atoms with Crippen LogP contribution in [0.2, 0.25) is 0 Å². The van der Waals surface area contributed by atoms with Gasteiger partial charge in [0, 0.05) is 18.1 Å². The molecule has 3 unspecified atom stereocenters. The number of urea groups is 1. The van der Waals surface area contributed by atoms with Crippen molar-refractivity contribution in [2.75, 3.05) is 0 Å². The molecule has 0 bridgehead atoms. The molecule has 0 aromatic carbocycles. The van der Waals surface area contributed by atoms with Crippen molar-refractivity contribution < 1.29 is 14.7 Å². The van der Waals surface area contributed by atoms with Crippen LogP contribution in [0.4, 0.5) is 4.79 Å². The first kappa shape index (κ1) is 14.8. The van der Waals surface area contributed by atoms with Crippen molar-refractivity contribution >= 4 is 12.0 Å². The quantitative estimate of drug-likeness (QED) is 0.810. The largest absolute Gasteiger partial charge is 0.481 e. The van der Waals surface area contributed by atoms with Gasteiger partial charge >= 0.3 is 12.0 Å². The monoisotopic (exact) mass is 256 g/mol. The molecule has 3 atom stereocenters. The summed E-state index contributed by atoms with van der Waals surface area (Å²) in [5.41, 5.74) is 0. The summed E-state index contributed by atoms with van der Waals surface area (Å²) in [4.78, 5) is 24.7. The van der Waals surface area contributed by atoms with Gasteiger partial charge in [-0.3, -0.25) is 4.79 Å². The lowest BCUT2D eigenvalue weighted by atomic mass is 9.98. The predicted molar refractivity (Wildman–Crippen MR) is 69.5 cm³/mol. The molecule has 5 heteroatoms. The molecule has 0 radical (unpaired) electrons. The average molecular weight is 256 g/mol. The van der Waals surface area contributed by atoms with Crippen LogP contribution >= 0.6 is 0 Å². The van der Waals surface area contributed by atoms with Crippen LogP contribution in [-0.2, 0) is 4.79 Å². The molecule has 0 saturated carbocycles. The number of nitrogens with one attached hydrogen (secondary N) is 1. The van der Waals surface area contributed by atoms with Gasteiger partial charge in [0.15, 0.2) is 0 Å². The van der Waals surface area contributed by atoms with Gasteiger partial charge in [0.25, 0.3) is 0 Å². The summed E-state index contributed by atoms with van der Waals surface area (Å²) in [6, 6.07) is 0.0614. The molecule has 18 heavy (non-hydrogen) atoms. The van der Waals surface area contributed by atoms with Crippen LogP contribution in [0.5, 0.6) is 0 Å². The third kappa shape index (κ3) is 3.89. The Morgan fingerprint density at radius 1 is 1.33 bits per heavy atom. The Balaban J connectivity index is 2.59. The average Bonchev–Trinajstić information content (AvgIpc) is 2.27. The van der Waals surface area contributed by atoms with Crippen LogP contribution in [0.1, 0.15) is 52.9 Å². The van der Waals surface area contributed by atoms with Gasteiger partial charge in [0.05, 0.1) is 6.42 Å². The first-order valence-corrected chi connectivity index (χ1v) is 6.76. The molecule has 0 aliphatic carbocycles. The van der Waals surface area contributed by atoms with E-state index < -0.39 is 5.97 Å². The highest BCUT2D eigenvalue weighted by molar-refractivity contribution is 5.76. The van der Waals surface area contributed by atoms with Gasteiger partial charge in [-0.05, 0) is 39.5 Å². The summed E-state index contributed by atoms with van der Waals surface area (Å²) >= 11 is 0. The van der Waals surface area contributed by atoms with E-state index in [1.165, 1.54) is 0 Å². The Bertz CT molecular complexity index is 297. The molecule has 1 aliphatic rings. The highest BCUT2D eigenvalue weighted by Crippen LogP contribution is 2.22. The molecule has 104 valence electrons. The van der Waals surface area contributed by atoms with E-state index in [0.29, 0.717) is 6.42 Å². The Kier molecular flexibility index (Phi) is 5.44. The minimum Gasteiger partial charge on any atom is -0.481 e. The van der Waals surface area contributed by atoms with Crippen LogP contribution in [0.3, 0.4) is 0 Å². The molecular formula is C13H24N2O3. The van der Waals surface area contributed by atoms with Crippen LogP contribution in [-0.4, -0.2) is 40.1 Å². The molecule has 2 N–H and O–H groups in total. The number of amides is 2. The zero-order valence-corrected chi connectivity index (χ0v) is 11.5. The lowest BCUT2D eigenvalue weighted by molar-refractivity contribution is -0.137. The molecule has 5 nitrogen and oxygen atoms in total. The van der Waals surface area contributed by atoms with E-state index in [-0.39, 0.29) is 30.6 Å². The maximum atomic E-state index is 12.2. The van der Waals surface area contributed by atoms with Crippen LogP contribution in [0.25, 0.3) is 0 Å². The van der Waals surface area contributed by atoms with Crippen molar-refractivity contribution in [2.24, 2.45) is 0 Å². The lowest BCUT2D eigenvalue weighted by Gasteiger charge is -2.39. The van der Waals surface area contributed by atoms with Crippen molar-refractivity contribution in [2.45, 2.75) is 71.0 Å². The molecule has 0 aromatic heterocycles. The molecule has 1 aliphatic heterocycles. The third-order valence-corrected chi connectivity index (χ3v) is 3.67. The van der Waals surface area contributed by atoms with Gasteiger partial charge in [-0.25, -0.2) is 4.79 Å². The molecular weight excluding hydrogens is 232 g/mol. The normalized spacial score (nSPS) is 25.6. The fourth-order valence-corrected chi connectivity index (χ4v) is 2.58. The third-order valence-electron chi connectivity index (χ3n) is 3.67. The summed E-state index contributed by atoms with van der Waals surface area (Å²) in [5, 5.41) is 11.6. The Morgan fingerprint density at radius 3 is 2.33 bits per heavy atom. The number of likely N-dealkylation sites (tertiary alicyclic amines) is 1. The minimum absolute atomic E-state index is 0.0150. The van der Waals surface area contributed by atoms with Gasteiger partial charge in [-0.1, -0.05) is 6.92 Å². The van der Waals surface area contributed by atoms with E-state index in [2.05, 4.69) is 5.32 Å². The topological polar surface area (TPSA) is 69.6 Å². The number of carboxylic acids is 1. The number of hydrogen-bond acceptors (Lipinski definition) is 2. The Hall–Kier alpha value is -1.26. The number of piperidine rings is 1. The first-order chi connectivity index (χ1) is 8.45. The first-order valence-electron chi connectivity index (χ1n) is 6.76. The van der Waals surface area contributed by atoms with Crippen molar-refractivity contribution in [1.29, 1.82) is 0 Å². The molecule has 0 spiro atoms. The van der Waals surface area contributed by atoms with Gasteiger partial charge in [0.1, 0.15) is 0 Å². The summed E-state index contributed by atoms with van der Waals surface area (Å²) < 4.78 is 0. The van der Waals surface area contributed by atoms with Crippen LogP contribution < -0.4 is 5.32 Å². The standard InChI is InChI=1S/C13H24N2O3/c1-4-11(8-12(16)17)14-13(18)15-9(2)6-5-7-10(15)3/h9-11H,4-8H2,1-3H3,(H,14,18)(H,16,17). The second kappa shape index (κ2) is 6.61. The van der Waals surface area contributed by atoms with Gasteiger partial charge in [-0.15, -0.1) is 0 Å². The highest BCUT2D eigenvalue weighted by atomic mass is 16.4. The zero-order chi connectivity index (χ0) is 13.7. The molecule has 0 aromatic rings. The second-order valence-electron chi connectivity index (χ2n) is 5.19. The summed E-state index contributed by atoms with van der Waals surface area (Å²) in [5.74, 6) is -0.873. The van der Waals surface area contributed by atoms with Crippen LogP contribution in [0.15, 0.2) is 0 Å². The van der Waals surface area contributed by atoms with E-state index >= 15 is 0 Å².